The van der Waals surface area contributed by atoms with Crippen molar-refractivity contribution in [3.8, 4) is 17.2 Å². The van der Waals surface area contributed by atoms with Crippen molar-refractivity contribution < 1.29 is 17.6 Å². The molecule has 1 aliphatic heterocycles. The molecule has 0 atom stereocenters. The number of hydrogen-bond donors (Lipinski definition) is 1. The van der Waals surface area contributed by atoms with Gasteiger partial charge in [-0.1, -0.05) is 0 Å². The molecular weight excluding hydrogens is 396 g/mol. The van der Waals surface area contributed by atoms with E-state index in [0.717, 1.165) is 11.4 Å². The molecule has 152 valence electrons. The third-order valence-electron chi connectivity index (χ3n) is 4.78. The maximum atomic E-state index is 12.9. The molecule has 0 radical (unpaired) electrons. The fourth-order valence-corrected chi connectivity index (χ4v) is 4.52. The Morgan fingerprint density at radius 1 is 1.00 bits per heavy atom. The molecule has 0 bridgehead atoms. The number of aromatic amines is 1. The summed E-state index contributed by atoms with van der Waals surface area (Å²) in [5.74, 6) is 1.05. The van der Waals surface area contributed by atoms with E-state index in [9.17, 15) is 13.2 Å². The van der Waals surface area contributed by atoms with Gasteiger partial charge in [0.15, 0.2) is 5.76 Å². The van der Waals surface area contributed by atoms with E-state index >= 15 is 0 Å². The SMILES string of the molecule is COc1ccc(N2CCN(S(=O)(=O)c3ccc(-c4ccc(=O)[nH]n4)o3)CC2)cc1. The first-order chi connectivity index (χ1) is 14.0. The zero-order chi connectivity index (χ0) is 20.4. The van der Waals surface area contributed by atoms with E-state index in [1.807, 2.05) is 24.3 Å². The van der Waals surface area contributed by atoms with Crippen molar-refractivity contribution in [2.45, 2.75) is 5.09 Å². The molecule has 9 nitrogen and oxygen atoms in total. The van der Waals surface area contributed by atoms with Gasteiger partial charge < -0.3 is 14.1 Å². The van der Waals surface area contributed by atoms with Crippen molar-refractivity contribution in [3.63, 3.8) is 0 Å². The van der Waals surface area contributed by atoms with Crippen LogP contribution in [0.5, 0.6) is 5.75 Å². The topological polar surface area (TPSA) is 109 Å². The van der Waals surface area contributed by atoms with Crippen LogP contribution < -0.4 is 15.2 Å². The van der Waals surface area contributed by atoms with Crippen LogP contribution in [-0.2, 0) is 10.0 Å². The number of benzene rings is 1. The molecule has 0 aliphatic carbocycles. The molecule has 1 aliphatic rings. The molecule has 1 N–H and O–H groups in total. The van der Waals surface area contributed by atoms with E-state index in [1.54, 1.807) is 7.11 Å². The summed E-state index contributed by atoms with van der Waals surface area (Å²) < 4.78 is 38.0. The van der Waals surface area contributed by atoms with Gasteiger partial charge in [-0.2, -0.15) is 9.40 Å². The maximum Gasteiger partial charge on any atom is 0.276 e. The molecule has 1 fully saturated rings. The summed E-state index contributed by atoms with van der Waals surface area (Å²) in [6.07, 6.45) is 0. The van der Waals surface area contributed by atoms with Crippen LogP contribution in [-0.4, -0.2) is 56.2 Å². The van der Waals surface area contributed by atoms with Crippen LogP contribution in [0.1, 0.15) is 0 Å². The Labute approximate surface area is 167 Å². The summed E-state index contributed by atoms with van der Waals surface area (Å²) >= 11 is 0. The number of nitrogens with zero attached hydrogens (tertiary/aromatic N) is 3. The first kappa shape index (κ1) is 19.2. The Morgan fingerprint density at radius 3 is 2.34 bits per heavy atom. The Hall–Kier alpha value is -3.11. The van der Waals surface area contributed by atoms with Crippen LogP contribution >= 0.6 is 0 Å². The Balaban J connectivity index is 1.46. The number of H-pyrrole nitrogens is 1. The number of sulfonamides is 1. The second-order valence-corrected chi connectivity index (χ2v) is 8.38. The van der Waals surface area contributed by atoms with Gasteiger partial charge in [0.1, 0.15) is 11.4 Å². The van der Waals surface area contributed by atoms with E-state index < -0.39 is 10.0 Å². The predicted octanol–water partition coefficient (Wildman–Crippen LogP) is 1.55. The molecule has 3 heterocycles. The van der Waals surface area contributed by atoms with E-state index in [4.69, 9.17) is 9.15 Å². The molecule has 0 spiro atoms. The number of aromatic nitrogens is 2. The van der Waals surface area contributed by atoms with E-state index in [-0.39, 0.29) is 16.4 Å². The molecule has 1 saturated heterocycles. The number of furan rings is 1. The van der Waals surface area contributed by atoms with Gasteiger partial charge in [-0.25, -0.2) is 13.5 Å². The number of nitrogens with one attached hydrogen (secondary N) is 1. The lowest BCUT2D eigenvalue weighted by Gasteiger charge is -2.34. The van der Waals surface area contributed by atoms with Crippen molar-refractivity contribution in [1.82, 2.24) is 14.5 Å². The lowest BCUT2D eigenvalue weighted by Crippen LogP contribution is -2.48. The fourth-order valence-electron chi connectivity index (χ4n) is 3.19. The van der Waals surface area contributed by atoms with Gasteiger partial charge in [0, 0.05) is 37.9 Å². The summed E-state index contributed by atoms with van der Waals surface area (Å²) in [4.78, 5) is 13.3. The standard InChI is InChI=1S/C19H20N4O5S/c1-27-15-4-2-14(3-5-15)22-10-12-23(13-11-22)29(25,26)19-9-7-17(28-19)16-6-8-18(24)21-20-16/h2-9H,10-13H2,1H3,(H,21,24). The van der Waals surface area contributed by atoms with Crippen molar-refractivity contribution in [2.75, 3.05) is 38.2 Å². The van der Waals surface area contributed by atoms with Crippen LogP contribution in [0.4, 0.5) is 5.69 Å². The summed E-state index contributed by atoms with van der Waals surface area (Å²) in [5, 5.41) is 6.02. The molecule has 10 heteroatoms. The number of methoxy groups -OCH3 is 1. The summed E-state index contributed by atoms with van der Waals surface area (Å²) in [6, 6.07) is 13.4. The summed E-state index contributed by atoms with van der Waals surface area (Å²) in [6.45, 7) is 1.84. The van der Waals surface area contributed by atoms with Gasteiger partial charge in [-0.15, -0.1) is 0 Å². The number of piperazine rings is 1. The molecular formula is C19H20N4O5S. The van der Waals surface area contributed by atoms with Crippen LogP contribution in [0, 0.1) is 0 Å². The minimum Gasteiger partial charge on any atom is -0.497 e. The number of hydrogen-bond acceptors (Lipinski definition) is 7. The average Bonchev–Trinajstić information content (AvgIpc) is 3.26. The maximum absolute atomic E-state index is 12.9. The van der Waals surface area contributed by atoms with Crippen molar-refractivity contribution in [2.24, 2.45) is 0 Å². The van der Waals surface area contributed by atoms with E-state index in [2.05, 4.69) is 15.1 Å². The van der Waals surface area contributed by atoms with Crippen LogP contribution in [0.3, 0.4) is 0 Å². The van der Waals surface area contributed by atoms with Gasteiger partial charge in [0.25, 0.3) is 15.6 Å². The minimum atomic E-state index is -3.75. The zero-order valence-corrected chi connectivity index (χ0v) is 16.6. The highest BCUT2D eigenvalue weighted by molar-refractivity contribution is 7.89. The quantitative estimate of drug-likeness (QED) is 0.672. The van der Waals surface area contributed by atoms with Crippen molar-refractivity contribution in [1.29, 1.82) is 0 Å². The van der Waals surface area contributed by atoms with E-state index in [0.29, 0.717) is 31.9 Å². The molecule has 3 aromatic rings. The Kier molecular flexibility index (Phi) is 5.12. The fraction of sp³-hybridized carbons (Fsp3) is 0.263. The second kappa shape index (κ2) is 7.72. The number of rotatable bonds is 5. The third kappa shape index (κ3) is 3.89. The lowest BCUT2D eigenvalue weighted by molar-refractivity contribution is 0.363. The third-order valence-corrected chi connectivity index (χ3v) is 6.56. The van der Waals surface area contributed by atoms with Crippen LogP contribution in [0.15, 0.2) is 62.8 Å². The largest absolute Gasteiger partial charge is 0.497 e. The van der Waals surface area contributed by atoms with Crippen LogP contribution in [0.2, 0.25) is 0 Å². The van der Waals surface area contributed by atoms with E-state index in [1.165, 1.54) is 28.6 Å². The molecule has 0 saturated carbocycles. The van der Waals surface area contributed by atoms with Gasteiger partial charge in [-0.3, -0.25) is 4.79 Å². The van der Waals surface area contributed by atoms with Crippen LogP contribution in [0.25, 0.3) is 11.5 Å². The highest BCUT2D eigenvalue weighted by Gasteiger charge is 2.31. The summed E-state index contributed by atoms with van der Waals surface area (Å²) in [7, 11) is -2.14. The highest BCUT2D eigenvalue weighted by atomic mass is 32.2. The Bertz CT molecular complexity index is 1130. The van der Waals surface area contributed by atoms with Crippen molar-refractivity contribution >= 4 is 15.7 Å². The number of ether oxygens (including phenoxy) is 1. The molecule has 1 aromatic carbocycles. The average molecular weight is 416 g/mol. The molecule has 29 heavy (non-hydrogen) atoms. The number of anilines is 1. The van der Waals surface area contributed by atoms with Gasteiger partial charge in [0.2, 0.25) is 5.09 Å². The molecule has 4 rings (SSSR count). The second-order valence-electron chi connectivity index (χ2n) is 6.51. The normalized spacial score (nSPS) is 15.4. The van der Waals surface area contributed by atoms with Crippen molar-refractivity contribution in [3.05, 3.63) is 58.9 Å². The molecule has 2 aromatic heterocycles. The highest BCUT2D eigenvalue weighted by Crippen LogP contribution is 2.26. The predicted molar refractivity (Wildman–Crippen MR) is 107 cm³/mol. The van der Waals surface area contributed by atoms with Gasteiger partial charge in [-0.05, 0) is 42.5 Å². The lowest BCUT2D eigenvalue weighted by atomic mass is 10.2. The van der Waals surface area contributed by atoms with Gasteiger partial charge >= 0.3 is 0 Å². The minimum absolute atomic E-state index is 0.140. The summed E-state index contributed by atoms with van der Waals surface area (Å²) in [5.41, 5.74) is 1.03. The smallest absolute Gasteiger partial charge is 0.276 e. The molecule has 0 unspecified atom stereocenters. The molecule has 0 amide bonds. The first-order valence-corrected chi connectivity index (χ1v) is 10.5. The first-order valence-electron chi connectivity index (χ1n) is 9.02. The van der Waals surface area contributed by atoms with Gasteiger partial charge in [0.05, 0.1) is 7.11 Å². The zero-order valence-electron chi connectivity index (χ0n) is 15.7. The Morgan fingerprint density at radius 2 is 1.72 bits per heavy atom. The monoisotopic (exact) mass is 416 g/mol.